The van der Waals surface area contributed by atoms with Crippen molar-refractivity contribution in [2.75, 3.05) is 50.7 Å². The minimum Gasteiger partial charge on any atom is -0.352 e. The summed E-state index contributed by atoms with van der Waals surface area (Å²) in [5.41, 5.74) is 0.852. The third-order valence-corrected chi connectivity index (χ3v) is 5.30. The zero-order valence-electron chi connectivity index (χ0n) is 14.2. The number of halogens is 1. The fraction of sp³-hybridized carbons (Fsp3) is 0.500. The number of nitrogens with zero attached hydrogens (tertiary/aromatic N) is 5. The summed E-state index contributed by atoms with van der Waals surface area (Å²) in [6.45, 7) is 5.75. The van der Waals surface area contributed by atoms with Gasteiger partial charge >= 0.3 is 0 Å². The molecule has 0 aliphatic carbocycles. The fourth-order valence-corrected chi connectivity index (χ4v) is 3.83. The number of piperazine rings is 1. The number of rotatable bonds is 3. The summed E-state index contributed by atoms with van der Waals surface area (Å²) >= 11 is 6.06. The van der Waals surface area contributed by atoms with E-state index in [4.69, 9.17) is 11.6 Å². The van der Waals surface area contributed by atoms with Gasteiger partial charge in [-0.25, -0.2) is 9.97 Å². The molecule has 0 unspecified atom stereocenters. The van der Waals surface area contributed by atoms with Crippen molar-refractivity contribution in [2.45, 2.75) is 12.8 Å². The molecule has 0 N–H and O–H groups in total. The Morgan fingerprint density at radius 3 is 2.56 bits per heavy atom. The summed E-state index contributed by atoms with van der Waals surface area (Å²) in [4.78, 5) is 27.7. The minimum absolute atomic E-state index is 0.251. The average molecular weight is 360 g/mol. The SMILES string of the molecule is O=C(CN1CCCC1)N1CCN(c2ncnc3cc(Cl)ccc23)CC1. The van der Waals surface area contributed by atoms with Crippen molar-refractivity contribution in [3.63, 3.8) is 0 Å². The van der Waals surface area contributed by atoms with Crippen molar-refractivity contribution in [1.82, 2.24) is 19.8 Å². The molecule has 132 valence electrons. The normalized spacial score (nSPS) is 18.9. The molecule has 2 saturated heterocycles. The highest BCUT2D eigenvalue weighted by molar-refractivity contribution is 6.31. The van der Waals surface area contributed by atoms with E-state index in [1.165, 1.54) is 12.8 Å². The minimum atomic E-state index is 0.251. The first-order valence-electron chi connectivity index (χ1n) is 8.86. The highest BCUT2D eigenvalue weighted by atomic mass is 35.5. The lowest BCUT2D eigenvalue weighted by Gasteiger charge is -2.36. The van der Waals surface area contributed by atoms with Gasteiger partial charge in [0, 0.05) is 36.6 Å². The van der Waals surface area contributed by atoms with Gasteiger partial charge in [0.05, 0.1) is 12.1 Å². The van der Waals surface area contributed by atoms with Gasteiger partial charge in [0.25, 0.3) is 0 Å². The average Bonchev–Trinajstić information content (AvgIpc) is 3.14. The number of carbonyl (C=O) groups is 1. The smallest absolute Gasteiger partial charge is 0.236 e. The van der Waals surface area contributed by atoms with E-state index in [0.717, 1.165) is 56.0 Å². The molecule has 1 amide bonds. The largest absolute Gasteiger partial charge is 0.352 e. The molecule has 0 saturated carbocycles. The van der Waals surface area contributed by atoms with Gasteiger partial charge in [-0.05, 0) is 44.1 Å². The maximum absolute atomic E-state index is 12.5. The number of likely N-dealkylation sites (tertiary alicyclic amines) is 1. The zero-order chi connectivity index (χ0) is 17.2. The summed E-state index contributed by atoms with van der Waals surface area (Å²) in [7, 11) is 0. The molecular weight excluding hydrogens is 338 g/mol. The van der Waals surface area contributed by atoms with E-state index < -0.39 is 0 Å². The monoisotopic (exact) mass is 359 g/mol. The maximum Gasteiger partial charge on any atom is 0.236 e. The lowest BCUT2D eigenvalue weighted by Crippen LogP contribution is -2.51. The van der Waals surface area contributed by atoms with E-state index in [1.807, 2.05) is 23.1 Å². The molecule has 1 aromatic heterocycles. The van der Waals surface area contributed by atoms with Crippen molar-refractivity contribution in [3.05, 3.63) is 29.5 Å². The van der Waals surface area contributed by atoms with Crippen molar-refractivity contribution in [3.8, 4) is 0 Å². The Kier molecular flexibility index (Phi) is 4.72. The molecule has 7 heteroatoms. The Bertz CT molecular complexity index is 769. The van der Waals surface area contributed by atoms with Crippen LogP contribution in [0.15, 0.2) is 24.5 Å². The van der Waals surface area contributed by atoms with Crippen LogP contribution in [0, 0.1) is 0 Å². The predicted molar refractivity (Wildman–Crippen MR) is 99.0 cm³/mol. The second-order valence-electron chi connectivity index (χ2n) is 6.71. The number of carbonyl (C=O) groups excluding carboxylic acids is 1. The first-order chi connectivity index (χ1) is 12.2. The molecule has 3 heterocycles. The number of amides is 1. The zero-order valence-corrected chi connectivity index (χ0v) is 15.0. The molecule has 2 aromatic rings. The molecule has 0 radical (unpaired) electrons. The van der Waals surface area contributed by atoms with Crippen LogP contribution in [0.3, 0.4) is 0 Å². The second-order valence-corrected chi connectivity index (χ2v) is 7.15. The summed E-state index contributed by atoms with van der Waals surface area (Å²) in [5.74, 6) is 1.18. The van der Waals surface area contributed by atoms with Crippen LogP contribution in [-0.4, -0.2) is 71.5 Å². The quantitative estimate of drug-likeness (QED) is 0.839. The third-order valence-electron chi connectivity index (χ3n) is 5.07. The summed E-state index contributed by atoms with van der Waals surface area (Å²) < 4.78 is 0. The molecular formula is C18H22ClN5O. The van der Waals surface area contributed by atoms with Crippen LogP contribution in [0.2, 0.25) is 5.02 Å². The summed E-state index contributed by atoms with van der Waals surface area (Å²) in [6.07, 6.45) is 4.01. The van der Waals surface area contributed by atoms with Crippen LogP contribution in [0.5, 0.6) is 0 Å². The van der Waals surface area contributed by atoms with Crippen LogP contribution in [-0.2, 0) is 4.79 Å². The van der Waals surface area contributed by atoms with Gasteiger partial charge in [0.1, 0.15) is 12.1 Å². The molecule has 4 rings (SSSR count). The van der Waals surface area contributed by atoms with Crippen LogP contribution in [0.4, 0.5) is 5.82 Å². The van der Waals surface area contributed by atoms with Gasteiger partial charge in [0.2, 0.25) is 5.91 Å². The summed E-state index contributed by atoms with van der Waals surface area (Å²) in [6, 6.07) is 5.70. The Morgan fingerprint density at radius 1 is 1.04 bits per heavy atom. The molecule has 1 aromatic carbocycles. The lowest BCUT2D eigenvalue weighted by atomic mass is 10.2. The Balaban J connectivity index is 1.42. The fourth-order valence-electron chi connectivity index (χ4n) is 3.67. The molecule has 0 atom stereocenters. The van der Waals surface area contributed by atoms with Crippen molar-refractivity contribution in [2.24, 2.45) is 0 Å². The number of hydrogen-bond acceptors (Lipinski definition) is 5. The maximum atomic E-state index is 12.5. The molecule has 2 aliphatic heterocycles. The van der Waals surface area contributed by atoms with E-state index >= 15 is 0 Å². The first kappa shape index (κ1) is 16.5. The highest BCUT2D eigenvalue weighted by Crippen LogP contribution is 2.26. The third kappa shape index (κ3) is 3.55. The lowest BCUT2D eigenvalue weighted by molar-refractivity contribution is -0.132. The van der Waals surface area contributed by atoms with E-state index in [0.29, 0.717) is 11.6 Å². The van der Waals surface area contributed by atoms with Crippen molar-refractivity contribution in [1.29, 1.82) is 0 Å². The molecule has 0 spiro atoms. The first-order valence-corrected chi connectivity index (χ1v) is 9.24. The van der Waals surface area contributed by atoms with E-state index in [-0.39, 0.29) is 5.91 Å². The molecule has 6 nitrogen and oxygen atoms in total. The predicted octanol–water partition coefficient (Wildman–Crippen LogP) is 2.03. The van der Waals surface area contributed by atoms with Crippen LogP contribution >= 0.6 is 11.6 Å². The molecule has 2 fully saturated rings. The van der Waals surface area contributed by atoms with Gasteiger partial charge in [-0.3, -0.25) is 9.69 Å². The highest BCUT2D eigenvalue weighted by Gasteiger charge is 2.25. The number of hydrogen-bond donors (Lipinski definition) is 0. The Hall–Kier alpha value is -1.92. The second kappa shape index (κ2) is 7.14. The van der Waals surface area contributed by atoms with Gasteiger partial charge in [0.15, 0.2) is 0 Å². The summed E-state index contributed by atoms with van der Waals surface area (Å²) in [5, 5.41) is 1.68. The standard InChI is InChI=1S/C18H22ClN5O/c19-14-3-4-15-16(11-14)20-13-21-18(15)24-9-7-23(8-10-24)17(25)12-22-5-1-2-6-22/h3-4,11,13H,1-2,5-10,12H2. The van der Waals surface area contributed by atoms with Crippen molar-refractivity contribution >= 4 is 34.2 Å². The van der Waals surface area contributed by atoms with E-state index in [2.05, 4.69) is 19.8 Å². The molecule has 0 bridgehead atoms. The number of benzene rings is 1. The topological polar surface area (TPSA) is 52.6 Å². The Labute approximate surface area is 152 Å². The van der Waals surface area contributed by atoms with Gasteiger partial charge in [-0.2, -0.15) is 0 Å². The van der Waals surface area contributed by atoms with E-state index in [9.17, 15) is 4.79 Å². The number of aromatic nitrogens is 2. The van der Waals surface area contributed by atoms with E-state index in [1.54, 1.807) is 6.33 Å². The Morgan fingerprint density at radius 2 is 1.80 bits per heavy atom. The van der Waals surface area contributed by atoms with Crippen LogP contribution < -0.4 is 4.90 Å². The van der Waals surface area contributed by atoms with Gasteiger partial charge < -0.3 is 9.80 Å². The number of fused-ring (bicyclic) bond motifs is 1. The molecule has 2 aliphatic rings. The van der Waals surface area contributed by atoms with Gasteiger partial charge in [-0.1, -0.05) is 11.6 Å². The van der Waals surface area contributed by atoms with Crippen LogP contribution in [0.25, 0.3) is 10.9 Å². The van der Waals surface area contributed by atoms with Crippen LogP contribution in [0.1, 0.15) is 12.8 Å². The van der Waals surface area contributed by atoms with Crippen molar-refractivity contribution < 1.29 is 4.79 Å². The van der Waals surface area contributed by atoms with Gasteiger partial charge in [-0.15, -0.1) is 0 Å². The molecule has 25 heavy (non-hydrogen) atoms. The number of anilines is 1.